The number of hydrogen-bond donors (Lipinski definition) is 1. The van der Waals surface area contributed by atoms with Crippen LogP contribution in [0.15, 0.2) is 29.2 Å². The molecule has 1 heterocycles. The lowest BCUT2D eigenvalue weighted by molar-refractivity contribution is 0.281. The Kier molecular flexibility index (Phi) is 4.52. The van der Waals surface area contributed by atoms with Gasteiger partial charge in [-0.3, -0.25) is 0 Å². The standard InChI is InChI=1S/C15H23NO3S/c1-15(2)8-3-10-16(11-9-15)20(18,19)14-6-4-13(12-17)5-7-14/h4-7,17H,3,8-12H2,1-2H3. The molecule has 2 rings (SSSR count). The third-order valence-electron chi connectivity index (χ3n) is 4.04. The topological polar surface area (TPSA) is 57.6 Å². The van der Waals surface area contributed by atoms with Crippen LogP contribution in [0.4, 0.5) is 0 Å². The first-order valence-electron chi connectivity index (χ1n) is 7.05. The van der Waals surface area contributed by atoms with Gasteiger partial charge in [-0.15, -0.1) is 0 Å². The number of aliphatic hydroxyl groups is 1. The summed E-state index contributed by atoms with van der Waals surface area (Å²) in [5.74, 6) is 0. The lowest BCUT2D eigenvalue weighted by Gasteiger charge is -2.23. The SMILES string of the molecule is CC1(C)CCCN(S(=O)(=O)c2ccc(CO)cc2)CC1. The molecule has 0 radical (unpaired) electrons. The van der Waals surface area contributed by atoms with Crippen molar-refractivity contribution in [2.45, 2.75) is 44.6 Å². The van der Waals surface area contributed by atoms with Crippen LogP contribution in [0, 0.1) is 5.41 Å². The van der Waals surface area contributed by atoms with Crippen LogP contribution in [0.1, 0.15) is 38.7 Å². The van der Waals surface area contributed by atoms with E-state index in [9.17, 15) is 8.42 Å². The van der Waals surface area contributed by atoms with Crippen LogP contribution in [0.2, 0.25) is 0 Å². The molecular weight excluding hydrogens is 274 g/mol. The first-order valence-corrected chi connectivity index (χ1v) is 8.49. The molecule has 1 aromatic carbocycles. The molecule has 5 heteroatoms. The molecule has 0 spiro atoms. The van der Waals surface area contributed by atoms with E-state index < -0.39 is 10.0 Å². The molecule has 112 valence electrons. The number of nitrogens with zero attached hydrogens (tertiary/aromatic N) is 1. The summed E-state index contributed by atoms with van der Waals surface area (Å²) in [6.45, 7) is 5.49. The number of benzene rings is 1. The second kappa shape index (κ2) is 5.84. The van der Waals surface area contributed by atoms with Crippen molar-refractivity contribution in [3.63, 3.8) is 0 Å². The Hall–Kier alpha value is -0.910. The smallest absolute Gasteiger partial charge is 0.243 e. The van der Waals surface area contributed by atoms with Gasteiger partial charge in [0.05, 0.1) is 11.5 Å². The van der Waals surface area contributed by atoms with Gasteiger partial charge in [-0.2, -0.15) is 4.31 Å². The van der Waals surface area contributed by atoms with E-state index in [2.05, 4.69) is 13.8 Å². The quantitative estimate of drug-likeness (QED) is 0.932. The van der Waals surface area contributed by atoms with Crippen molar-refractivity contribution in [2.75, 3.05) is 13.1 Å². The lowest BCUT2D eigenvalue weighted by atomic mass is 9.85. The fourth-order valence-corrected chi connectivity index (χ4v) is 4.03. The van der Waals surface area contributed by atoms with E-state index in [0.717, 1.165) is 24.8 Å². The van der Waals surface area contributed by atoms with E-state index >= 15 is 0 Å². The fourth-order valence-electron chi connectivity index (χ4n) is 2.55. The maximum atomic E-state index is 12.6. The highest BCUT2D eigenvalue weighted by Crippen LogP contribution is 2.31. The molecule has 0 amide bonds. The molecule has 0 unspecified atom stereocenters. The Balaban J connectivity index is 2.20. The van der Waals surface area contributed by atoms with Crippen LogP contribution in [-0.2, 0) is 16.6 Å². The molecule has 0 aliphatic carbocycles. The van der Waals surface area contributed by atoms with Crippen LogP contribution in [0.25, 0.3) is 0 Å². The van der Waals surface area contributed by atoms with E-state index in [1.54, 1.807) is 28.6 Å². The van der Waals surface area contributed by atoms with Crippen molar-refractivity contribution in [2.24, 2.45) is 5.41 Å². The number of aliphatic hydroxyl groups excluding tert-OH is 1. The molecule has 1 saturated heterocycles. The molecule has 20 heavy (non-hydrogen) atoms. The van der Waals surface area contributed by atoms with E-state index in [1.807, 2.05) is 0 Å². The van der Waals surface area contributed by atoms with E-state index in [0.29, 0.717) is 18.0 Å². The van der Waals surface area contributed by atoms with Gasteiger partial charge < -0.3 is 5.11 Å². The molecular formula is C15H23NO3S. The van der Waals surface area contributed by atoms with E-state index in [-0.39, 0.29) is 12.0 Å². The number of hydrogen-bond acceptors (Lipinski definition) is 3. The summed E-state index contributed by atoms with van der Waals surface area (Å²) in [5, 5.41) is 9.01. The highest BCUT2D eigenvalue weighted by atomic mass is 32.2. The van der Waals surface area contributed by atoms with Crippen LogP contribution in [-0.4, -0.2) is 30.9 Å². The summed E-state index contributed by atoms with van der Waals surface area (Å²) in [5.41, 5.74) is 0.936. The second-order valence-electron chi connectivity index (χ2n) is 6.22. The van der Waals surface area contributed by atoms with Crippen molar-refractivity contribution in [3.05, 3.63) is 29.8 Å². The molecule has 1 aliphatic heterocycles. The Labute approximate surface area is 121 Å². The molecule has 0 atom stereocenters. The van der Waals surface area contributed by atoms with Gasteiger partial charge in [-0.05, 0) is 42.4 Å². The normalized spacial score (nSPS) is 20.6. The van der Waals surface area contributed by atoms with Crippen molar-refractivity contribution in [3.8, 4) is 0 Å². The largest absolute Gasteiger partial charge is 0.392 e. The molecule has 0 bridgehead atoms. The molecule has 1 aliphatic rings. The molecule has 0 saturated carbocycles. The van der Waals surface area contributed by atoms with E-state index in [4.69, 9.17) is 5.11 Å². The predicted molar refractivity (Wildman–Crippen MR) is 78.8 cm³/mol. The summed E-state index contributed by atoms with van der Waals surface area (Å²) in [4.78, 5) is 0.314. The van der Waals surface area contributed by atoms with Crippen molar-refractivity contribution in [1.82, 2.24) is 4.31 Å². The average molecular weight is 297 g/mol. The molecule has 1 fully saturated rings. The summed E-state index contributed by atoms with van der Waals surface area (Å²) in [7, 11) is -3.41. The zero-order chi connectivity index (χ0) is 14.8. The van der Waals surface area contributed by atoms with Crippen molar-refractivity contribution in [1.29, 1.82) is 0 Å². The van der Waals surface area contributed by atoms with Gasteiger partial charge in [-0.1, -0.05) is 26.0 Å². The van der Waals surface area contributed by atoms with Gasteiger partial charge in [0, 0.05) is 13.1 Å². The van der Waals surface area contributed by atoms with Gasteiger partial charge in [0.1, 0.15) is 0 Å². The van der Waals surface area contributed by atoms with Gasteiger partial charge >= 0.3 is 0 Å². The van der Waals surface area contributed by atoms with Crippen LogP contribution in [0.5, 0.6) is 0 Å². The number of sulfonamides is 1. The summed E-state index contributed by atoms with van der Waals surface area (Å²) >= 11 is 0. The zero-order valence-corrected chi connectivity index (χ0v) is 13.0. The maximum absolute atomic E-state index is 12.6. The minimum atomic E-state index is -3.41. The van der Waals surface area contributed by atoms with Gasteiger partial charge in [0.2, 0.25) is 10.0 Å². The van der Waals surface area contributed by atoms with Crippen LogP contribution < -0.4 is 0 Å². The Bertz CT molecular complexity index is 549. The van der Waals surface area contributed by atoms with Gasteiger partial charge in [0.15, 0.2) is 0 Å². The van der Waals surface area contributed by atoms with Gasteiger partial charge in [-0.25, -0.2) is 8.42 Å². The molecule has 1 N–H and O–H groups in total. The Morgan fingerprint density at radius 2 is 1.80 bits per heavy atom. The van der Waals surface area contributed by atoms with Crippen LogP contribution >= 0.6 is 0 Å². The first kappa shape index (κ1) is 15.5. The zero-order valence-electron chi connectivity index (χ0n) is 12.2. The van der Waals surface area contributed by atoms with Gasteiger partial charge in [0.25, 0.3) is 0 Å². The monoisotopic (exact) mass is 297 g/mol. The average Bonchev–Trinajstić information content (AvgIpc) is 2.60. The second-order valence-corrected chi connectivity index (χ2v) is 8.16. The van der Waals surface area contributed by atoms with Crippen molar-refractivity contribution < 1.29 is 13.5 Å². The van der Waals surface area contributed by atoms with Crippen molar-refractivity contribution >= 4 is 10.0 Å². The fraction of sp³-hybridized carbons (Fsp3) is 0.600. The van der Waals surface area contributed by atoms with E-state index in [1.165, 1.54) is 0 Å². The first-order chi connectivity index (χ1) is 9.35. The predicted octanol–water partition coefficient (Wildman–Crippen LogP) is 2.38. The molecule has 4 nitrogen and oxygen atoms in total. The molecule has 1 aromatic rings. The summed E-state index contributed by atoms with van der Waals surface area (Å²) in [6, 6.07) is 6.48. The Morgan fingerprint density at radius 3 is 2.40 bits per heavy atom. The lowest BCUT2D eigenvalue weighted by Crippen LogP contribution is -2.32. The third-order valence-corrected chi connectivity index (χ3v) is 5.96. The highest BCUT2D eigenvalue weighted by molar-refractivity contribution is 7.89. The molecule has 0 aromatic heterocycles. The minimum absolute atomic E-state index is 0.0712. The number of rotatable bonds is 3. The summed E-state index contributed by atoms with van der Waals surface area (Å²) in [6.07, 6.45) is 2.85. The van der Waals surface area contributed by atoms with Crippen LogP contribution in [0.3, 0.4) is 0 Å². The minimum Gasteiger partial charge on any atom is -0.392 e. The summed E-state index contributed by atoms with van der Waals surface area (Å²) < 4.78 is 26.8. The Morgan fingerprint density at radius 1 is 1.15 bits per heavy atom. The highest BCUT2D eigenvalue weighted by Gasteiger charge is 2.30. The third kappa shape index (κ3) is 3.40. The maximum Gasteiger partial charge on any atom is 0.243 e.